The third-order valence-electron chi connectivity index (χ3n) is 2.81. The summed E-state index contributed by atoms with van der Waals surface area (Å²) in [4.78, 5) is 14.5. The van der Waals surface area contributed by atoms with Gasteiger partial charge in [-0.25, -0.2) is 9.97 Å². The molecule has 0 saturated heterocycles. The van der Waals surface area contributed by atoms with E-state index in [9.17, 15) is 0 Å². The monoisotopic (exact) mass is 243 g/mol. The van der Waals surface area contributed by atoms with Gasteiger partial charge in [0.2, 0.25) is 0 Å². The Morgan fingerprint density at radius 1 is 1.33 bits per heavy atom. The van der Waals surface area contributed by atoms with E-state index in [1.807, 2.05) is 25.4 Å². The predicted octanol–water partition coefficient (Wildman–Crippen LogP) is 1.65. The van der Waals surface area contributed by atoms with Crippen LogP contribution in [0.3, 0.4) is 0 Å². The van der Waals surface area contributed by atoms with E-state index in [-0.39, 0.29) is 0 Å². The smallest absolute Gasteiger partial charge is 0.137 e. The molecule has 2 N–H and O–H groups in total. The van der Waals surface area contributed by atoms with Crippen LogP contribution in [0.25, 0.3) is 0 Å². The summed E-state index contributed by atoms with van der Waals surface area (Å²) in [5, 5.41) is 0. The summed E-state index contributed by atoms with van der Waals surface area (Å²) in [5.74, 6) is 1.44. The van der Waals surface area contributed by atoms with Gasteiger partial charge >= 0.3 is 0 Å². The maximum Gasteiger partial charge on any atom is 0.137 e. The molecule has 0 saturated carbocycles. The number of nitrogens with zero attached hydrogens (tertiary/aromatic N) is 4. The van der Waals surface area contributed by atoms with Crippen LogP contribution in [0.5, 0.6) is 0 Å². The van der Waals surface area contributed by atoms with Crippen molar-refractivity contribution in [1.29, 1.82) is 0 Å². The first-order valence-electron chi connectivity index (χ1n) is 5.91. The van der Waals surface area contributed by atoms with Gasteiger partial charge in [0, 0.05) is 31.5 Å². The van der Waals surface area contributed by atoms with Crippen molar-refractivity contribution in [2.24, 2.45) is 0 Å². The third-order valence-corrected chi connectivity index (χ3v) is 2.81. The standard InChI is InChI=1S/C13H17N5/c1-3-11-12(14)16-9-17-13(11)18(2)8-10-5-4-6-15-7-10/h4-7,9H,3,8H2,1-2H3,(H2,14,16,17). The van der Waals surface area contributed by atoms with Crippen LogP contribution in [-0.2, 0) is 13.0 Å². The van der Waals surface area contributed by atoms with Crippen molar-refractivity contribution in [2.75, 3.05) is 17.7 Å². The fraction of sp³-hybridized carbons (Fsp3) is 0.308. The van der Waals surface area contributed by atoms with Gasteiger partial charge in [-0.1, -0.05) is 13.0 Å². The van der Waals surface area contributed by atoms with E-state index in [1.54, 1.807) is 6.20 Å². The number of hydrogen-bond acceptors (Lipinski definition) is 5. The van der Waals surface area contributed by atoms with Crippen molar-refractivity contribution in [3.05, 3.63) is 42.0 Å². The van der Waals surface area contributed by atoms with E-state index in [0.29, 0.717) is 5.82 Å². The lowest BCUT2D eigenvalue weighted by Gasteiger charge is -2.21. The highest BCUT2D eigenvalue weighted by atomic mass is 15.2. The Morgan fingerprint density at radius 2 is 2.17 bits per heavy atom. The van der Waals surface area contributed by atoms with E-state index in [0.717, 1.165) is 29.9 Å². The average Bonchev–Trinajstić information content (AvgIpc) is 2.39. The summed E-state index contributed by atoms with van der Waals surface area (Å²) in [6.07, 6.45) is 5.94. The second kappa shape index (κ2) is 5.44. The van der Waals surface area contributed by atoms with Crippen LogP contribution in [0.15, 0.2) is 30.9 Å². The zero-order chi connectivity index (χ0) is 13.0. The highest BCUT2D eigenvalue weighted by Gasteiger charge is 2.11. The lowest BCUT2D eigenvalue weighted by atomic mass is 10.2. The molecule has 0 bridgehead atoms. The highest BCUT2D eigenvalue weighted by Crippen LogP contribution is 2.22. The SMILES string of the molecule is CCc1c(N)ncnc1N(C)Cc1cccnc1. The minimum Gasteiger partial charge on any atom is -0.383 e. The van der Waals surface area contributed by atoms with Crippen molar-refractivity contribution in [1.82, 2.24) is 15.0 Å². The van der Waals surface area contributed by atoms with Gasteiger partial charge in [0.1, 0.15) is 18.0 Å². The van der Waals surface area contributed by atoms with Gasteiger partial charge in [-0.2, -0.15) is 0 Å². The van der Waals surface area contributed by atoms with Crippen LogP contribution in [0.1, 0.15) is 18.1 Å². The Morgan fingerprint density at radius 3 is 2.83 bits per heavy atom. The van der Waals surface area contributed by atoms with Gasteiger partial charge in [-0.3, -0.25) is 4.98 Å². The molecule has 2 heterocycles. The van der Waals surface area contributed by atoms with Gasteiger partial charge in [0.15, 0.2) is 0 Å². The Hall–Kier alpha value is -2.17. The number of nitrogen functional groups attached to an aromatic ring is 1. The molecule has 0 spiro atoms. The number of pyridine rings is 1. The van der Waals surface area contributed by atoms with E-state index in [1.165, 1.54) is 6.33 Å². The molecule has 0 aliphatic heterocycles. The fourth-order valence-corrected chi connectivity index (χ4v) is 1.92. The zero-order valence-electron chi connectivity index (χ0n) is 10.7. The molecule has 2 aromatic rings. The first-order chi connectivity index (χ1) is 8.72. The summed E-state index contributed by atoms with van der Waals surface area (Å²) in [6.45, 7) is 2.80. The van der Waals surface area contributed by atoms with E-state index >= 15 is 0 Å². The Labute approximate surface area is 107 Å². The summed E-state index contributed by atoms with van der Waals surface area (Å²) >= 11 is 0. The molecule has 0 aliphatic carbocycles. The summed E-state index contributed by atoms with van der Waals surface area (Å²) in [6, 6.07) is 3.97. The Balaban J connectivity index is 2.24. The van der Waals surface area contributed by atoms with E-state index in [2.05, 4.69) is 26.8 Å². The molecule has 94 valence electrons. The van der Waals surface area contributed by atoms with Crippen LogP contribution in [-0.4, -0.2) is 22.0 Å². The molecule has 0 aromatic carbocycles. The van der Waals surface area contributed by atoms with Crippen molar-refractivity contribution >= 4 is 11.6 Å². The molecule has 0 fully saturated rings. The predicted molar refractivity (Wildman–Crippen MR) is 72.2 cm³/mol. The van der Waals surface area contributed by atoms with Crippen LogP contribution >= 0.6 is 0 Å². The Bertz CT molecular complexity index is 512. The number of rotatable bonds is 4. The molecule has 18 heavy (non-hydrogen) atoms. The van der Waals surface area contributed by atoms with Crippen molar-refractivity contribution < 1.29 is 0 Å². The summed E-state index contributed by atoms with van der Waals surface area (Å²) in [7, 11) is 1.99. The second-order valence-electron chi connectivity index (χ2n) is 4.13. The number of aromatic nitrogens is 3. The molecule has 0 radical (unpaired) electrons. The van der Waals surface area contributed by atoms with Gasteiger partial charge in [-0.05, 0) is 18.1 Å². The molecule has 0 aliphatic rings. The zero-order valence-corrected chi connectivity index (χ0v) is 10.7. The summed E-state index contributed by atoms with van der Waals surface area (Å²) in [5.41, 5.74) is 8.00. The van der Waals surface area contributed by atoms with Crippen molar-refractivity contribution in [2.45, 2.75) is 19.9 Å². The Kier molecular flexibility index (Phi) is 3.72. The first kappa shape index (κ1) is 12.3. The topological polar surface area (TPSA) is 67.9 Å². The van der Waals surface area contributed by atoms with Crippen LogP contribution in [0.2, 0.25) is 0 Å². The largest absolute Gasteiger partial charge is 0.383 e. The van der Waals surface area contributed by atoms with Gasteiger partial charge in [-0.15, -0.1) is 0 Å². The lowest BCUT2D eigenvalue weighted by molar-refractivity contribution is 0.868. The molecule has 2 aromatic heterocycles. The molecule has 2 rings (SSSR count). The fourth-order valence-electron chi connectivity index (χ4n) is 1.92. The molecule has 0 amide bonds. The quantitative estimate of drug-likeness (QED) is 0.884. The maximum absolute atomic E-state index is 5.87. The molecular weight excluding hydrogens is 226 g/mol. The minimum absolute atomic E-state index is 0.556. The van der Waals surface area contributed by atoms with Gasteiger partial charge in [0.25, 0.3) is 0 Å². The number of nitrogens with two attached hydrogens (primary N) is 1. The van der Waals surface area contributed by atoms with E-state index < -0.39 is 0 Å². The van der Waals surface area contributed by atoms with Crippen LogP contribution in [0.4, 0.5) is 11.6 Å². The molecule has 0 atom stereocenters. The summed E-state index contributed by atoms with van der Waals surface area (Å²) < 4.78 is 0. The van der Waals surface area contributed by atoms with Crippen LogP contribution < -0.4 is 10.6 Å². The maximum atomic E-state index is 5.87. The van der Waals surface area contributed by atoms with E-state index in [4.69, 9.17) is 5.73 Å². The number of anilines is 2. The molecule has 5 nitrogen and oxygen atoms in total. The van der Waals surface area contributed by atoms with Crippen LogP contribution in [0, 0.1) is 0 Å². The molecule has 0 unspecified atom stereocenters. The van der Waals surface area contributed by atoms with Crippen molar-refractivity contribution in [3.63, 3.8) is 0 Å². The van der Waals surface area contributed by atoms with Crippen molar-refractivity contribution in [3.8, 4) is 0 Å². The average molecular weight is 243 g/mol. The van der Waals surface area contributed by atoms with Gasteiger partial charge in [0.05, 0.1) is 0 Å². The lowest BCUT2D eigenvalue weighted by Crippen LogP contribution is -2.20. The van der Waals surface area contributed by atoms with Gasteiger partial charge < -0.3 is 10.6 Å². The molecule has 5 heteroatoms. The first-order valence-corrected chi connectivity index (χ1v) is 5.91. The highest BCUT2D eigenvalue weighted by molar-refractivity contribution is 5.56. The third kappa shape index (κ3) is 2.56. The minimum atomic E-state index is 0.556. The normalized spacial score (nSPS) is 10.3. The molecular formula is C13H17N5. The second-order valence-corrected chi connectivity index (χ2v) is 4.13. The number of hydrogen-bond donors (Lipinski definition) is 1.